The van der Waals surface area contributed by atoms with Crippen LogP contribution in [0.3, 0.4) is 0 Å². The van der Waals surface area contributed by atoms with E-state index >= 15 is 0 Å². The first-order valence-electron chi connectivity index (χ1n) is 18.2. The molecule has 6 bridgehead atoms. The van der Waals surface area contributed by atoms with Gasteiger partial charge in [-0.1, -0.05) is 26.8 Å². The Kier molecular flexibility index (Phi) is 9.92. The zero-order chi connectivity index (χ0) is 37.8. The number of ether oxygens (including phenoxy) is 2. The van der Waals surface area contributed by atoms with Gasteiger partial charge in [0.25, 0.3) is 11.8 Å². The third-order valence-electron chi connectivity index (χ3n) is 10.8. The van der Waals surface area contributed by atoms with Crippen LogP contribution in [0.25, 0.3) is 33.4 Å². The Labute approximate surface area is 311 Å². The Morgan fingerprint density at radius 3 is 2.74 bits per heavy atom. The van der Waals surface area contributed by atoms with Gasteiger partial charge >= 0.3 is 5.97 Å². The number of hydrogen-bond acceptors (Lipinski definition) is 9. The van der Waals surface area contributed by atoms with Crippen LogP contribution in [-0.2, 0) is 43.2 Å². The third kappa shape index (κ3) is 6.96. The Bertz CT molecular complexity index is 2060. The van der Waals surface area contributed by atoms with Crippen molar-refractivity contribution < 1.29 is 32.6 Å². The summed E-state index contributed by atoms with van der Waals surface area (Å²) in [6, 6.07) is 8.26. The number of methoxy groups -OCH3 is 1. The second-order valence-corrected chi connectivity index (χ2v) is 16.2. The summed E-state index contributed by atoms with van der Waals surface area (Å²) in [4.78, 5) is 50.3. The van der Waals surface area contributed by atoms with Gasteiger partial charge in [0.05, 0.1) is 34.8 Å². The maximum Gasteiger partial charge on any atom is 0.324 e. The van der Waals surface area contributed by atoms with Crippen molar-refractivity contribution in [2.75, 3.05) is 20.3 Å². The Morgan fingerprint density at radius 1 is 1.25 bits per heavy atom. The van der Waals surface area contributed by atoms with Crippen LogP contribution in [0, 0.1) is 17.3 Å². The number of hydrazine groups is 1. The van der Waals surface area contributed by atoms with Crippen LogP contribution in [0.2, 0.25) is 0 Å². The molecule has 4 aromatic rings. The number of pyridine rings is 1. The maximum atomic E-state index is 14.3. The maximum absolute atomic E-state index is 14.3. The van der Waals surface area contributed by atoms with Crippen LogP contribution in [0.5, 0.6) is 0 Å². The number of cyclic esters (lactones) is 1. The average molecular weight is 749 g/mol. The van der Waals surface area contributed by atoms with Crippen molar-refractivity contribution in [1.29, 1.82) is 0 Å². The van der Waals surface area contributed by atoms with E-state index < -0.39 is 53.0 Å². The Hall–Kier alpha value is -4.27. The van der Waals surface area contributed by atoms with Crippen molar-refractivity contribution in [1.82, 2.24) is 30.3 Å². The molecule has 0 radical (unpaired) electrons. The number of amides is 2. The number of fused-ring (bicyclic) bond motifs is 6. The van der Waals surface area contributed by atoms with Gasteiger partial charge in [-0.3, -0.25) is 24.4 Å². The number of nitrogens with zero attached hydrogens (tertiary/aromatic N) is 4. The number of nitrogens with one attached hydrogen (secondary N) is 2. The summed E-state index contributed by atoms with van der Waals surface area (Å²) in [5.41, 5.74) is 8.99. The third-order valence-corrected chi connectivity index (χ3v) is 11.7. The highest BCUT2D eigenvalue weighted by Crippen LogP contribution is 2.55. The van der Waals surface area contributed by atoms with Crippen LogP contribution < -0.4 is 10.7 Å². The molecular weight excluding hydrogens is 703 g/mol. The second kappa shape index (κ2) is 14.2. The minimum Gasteiger partial charge on any atom is -0.464 e. The molecule has 3 aromatic heterocycles. The molecule has 5 atom stereocenters. The molecule has 53 heavy (non-hydrogen) atoms. The van der Waals surface area contributed by atoms with Crippen LogP contribution >= 0.6 is 11.3 Å². The van der Waals surface area contributed by atoms with Gasteiger partial charge in [-0.15, -0.1) is 11.3 Å². The first-order valence-corrected chi connectivity index (χ1v) is 19.1. The van der Waals surface area contributed by atoms with Crippen molar-refractivity contribution in [2.45, 2.75) is 91.0 Å². The molecule has 7 rings (SSSR count). The van der Waals surface area contributed by atoms with Crippen LogP contribution in [0.4, 0.5) is 8.78 Å². The van der Waals surface area contributed by atoms with E-state index in [2.05, 4.69) is 54.3 Å². The molecule has 2 fully saturated rings. The van der Waals surface area contributed by atoms with Gasteiger partial charge in [-0.2, -0.15) is 0 Å². The summed E-state index contributed by atoms with van der Waals surface area (Å²) in [6.07, 6.45) is 3.04. The molecule has 14 heteroatoms. The zero-order valence-electron chi connectivity index (χ0n) is 30.9. The molecule has 1 aromatic carbocycles. The van der Waals surface area contributed by atoms with Gasteiger partial charge in [0.1, 0.15) is 18.0 Å². The summed E-state index contributed by atoms with van der Waals surface area (Å²) in [5, 5.41) is 7.42. The number of carbonyl (C=O) groups excluding carboxylic acids is 3. The van der Waals surface area contributed by atoms with Crippen molar-refractivity contribution >= 4 is 40.0 Å². The highest BCUT2D eigenvalue weighted by Gasteiger charge is 2.69. The van der Waals surface area contributed by atoms with E-state index in [1.54, 1.807) is 13.3 Å². The average Bonchev–Trinajstić information content (AvgIpc) is 3.44. The fraction of sp³-hybridized carbons (Fsp3) is 0.513. The number of aryl methyl sites for hydroxylation is 1. The first kappa shape index (κ1) is 37.1. The molecule has 1 aliphatic carbocycles. The van der Waals surface area contributed by atoms with E-state index in [-0.39, 0.29) is 25.7 Å². The van der Waals surface area contributed by atoms with E-state index in [0.717, 1.165) is 39.0 Å². The number of carbonyl (C=O) groups is 3. The Morgan fingerprint density at radius 2 is 2.02 bits per heavy atom. The molecular formula is C39H46F2N6O5S. The molecule has 3 aliphatic rings. The van der Waals surface area contributed by atoms with Crippen molar-refractivity contribution in [3.05, 3.63) is 58.2 Å². The fourth-order valence-electron chi connectivity index (χ4n) is 7.71. The van der Waals surface area contributed by atoms with Gasteiger partial charge < -0.3 is 19.4 Å². The predicted molar refractivity (Wildman–Crippen MR) is 197 cm³/mol. The summed E-state index contributed by atoms with van der Waals surface area (Å²) in [7, 11) is 1.67. The lowest BCUT2D eigenvalue weighted by molar-refractivity contribution is -0.155. The number of alkyl halides is 2. The van der Waals surface area contributed by atoms with E-state index in [1.165, 1.54) is 23.3 Å². The number of rotatable bonds is 6. The van der Waals surface area contributed by atoms with Gasteiger partial charge in [0.2, 0.25) is 5.91 Å². The van der Waals surface area contributed by atoms with Crippen molar-refractivity contribution in [3.63, 3.8) is 0 Å². The van der Waals surface area contributed by atoms with E-state index in [0.29, 0.717) is 36.5 Å². The standard InChI is InChI=1S/C39H46F2N6O5S/c1-7-46-30-13-12-23-16-25(30)26(34(46)24-10-8-14-42-33(24)22(3)51-6)18-38(4,5)20-52-37(50)27-11-9-15-47(45-27)36(49)28(17-31-43-29(23)19-53-31)44-35(48)32-21(2)39(32,40)41/h8,10,12-14,16,19,21-22,27-28,32,45H,7,9,11,15,17-18,20H2,1-6H3,(H,44,48)/t21-,22+,27+,28+,32+/m1/s1. The van der Waals surface area contributed by atoms with Gasteiger partial charge in [-0.05, 0) is 62.9 Å². The van der Waals surface area contributed by atoms with E-state index in [9.17, 15) is 23.2 Å². The zero-order valence-corrected chi connectivity index (χ0v) is 31.7. The molecule has 0 unspecified atom stereocenters. The van der Waals surface area contributed by atoms with Crippen molar-refractivity contribution in [2.24, 2.45) is 17.3 Å². The fourth-order valence-corrected chi connectivity index (χ4v) is 8.56. The van der Waals surface area contributed by atoms with Crippen molar-refractivity contribution in [3.8, 4) is 22.5 Å². The lowest BCUT2D eigenvalue weighted by Gasteiger charge is -2.35. The largest absolute Gasteiger partial charge is 0.464 e. The molecule has 1 saturated heterocycles. The number of thiazole rings is 1. The monoisotopic (exact) mass is 748 g/mol. The summed E-state index contributed by atoms with van der Waals surface area (Å²) >= 11 is 1.34. The minimum absolute atomic E-state index is 0.00524. The number of halogens is 2. The quantitative estimate of drug-likeness (QED) is 0.227. The molecule has 2 N–H and O–H groups in total. The van der Waals surface area contributed by atoms with Crippen LogP contribution in [0.15, 0.2) is 41.9 Å². The molecule has 2 aliphatic heterocycles. The van der Waals surface area contributed by atoms with Crippen LogP contribution in [0.1, 0.15) is 69.8 Å². The van der Waals surface area contributed by atoms with Gasteiger partial charge in [0.15, 0.2) is 0 Å². The molecule has 1 saturated carbocycles. The number of hydrogen-bond donors (Lipinski definition) is 2. The van der Waals surface area contributed by atoms with Gasteiger partial charge in [0, 0.05) is 71.6 Å². The molecule has 2 amide bonds. The predicted octanol–water partition coefficient (Wildman–Crippen LogP) is 6.10. The molecule has 11 nitrogen and oxygen atoms in total. The van der Waals surface area contributed by atoms with Gasteiger partial charge in [-0.25, -0.2) is 19.2 Å². The molecule has 282 valence electrons. The highest BCUT2D eigenvalue weighted by molar-refractivity contribution is 7.10. The highest BCUT2D eigenvalue weighted by atomic mass is 32.1. The summed E-state index contributed by atoms with van der Waals surface area (Å²) < 4.78 is 42.5. The Balaban J connectivity index is 1.35. The summed E-state index contributed by atoms with van der Waals surface area (Å²) in [6.45, 7) is 10.6. The molecule has 5 heterocycles. The van der Waals surface area contributed by atoms with Crippen LogP contribution in [-0.4, -0.2) is 75.6 Å². The second-order valence-electron chi connectivity index (χ2n) is 15.2. The summed E-state index contributed by atoms with van der Waals surface area (Å²) in [5.74, 6) is -7.63. The lowest BCUT2D eigenvalue weighted by atomic mass is 9.84. The minimum atomic E-state index is -3.13. The molecule has 0 spiro atoms. The lowest BCUT2D eigenvalue weighted by Crippen LogP contribution is -2.60. The van der Waals surface area contributed by atoms with E-state index in [1.807, 2.05) is 24.4 Å². The normalized spacial score (nSPS) is 24.7. The number of aromatic nitrogens is 3. The van der Waals surface area contributed by atoms with E-state index in [4.69, 9.17) is 19.4 Å². The topological polar surface area (TPSA) is 128 Å². The first-order chi connectivity index (χ1) is 25.2. The number of esters is 1. The SMILES string of the molecule is CCn1c(-c2cccnc2[C@H](C)OC)c2c3cc(ccc31)-c1csc(n1)C[C@H](NC(=O)[C@@H]1[C@@H](C)C1(F)F)C(=O)N1CCC[C@H](N1)C(=O)OCC(C)(C)C2. The number of benzene rings is 1. The smallest absolute Gasteiger partial charge is 0.324 e.